The molecule has 7 heteroatoms. The van der Waals surface area contributed by atoms with Crippen LogP contribution in [0.15, 0.2) is 66.7 Å². The first-order valence-corrected chi connectivity index (χ1v) is 10.1. The number of halogens is 2. The number of benzene rings is 3. The summed E-state index contributed by atoms with van der Waals surface area (Å²) in [6.07, 6.45) is 0. The van der Waals surface area contributed by atoms with E-state index in [1.165, 1.54) is 14.2 Å². The Kier molecular flexibility index (Phi) is 6.18. The van der Waals surface area contributed by atoms with E-state index in [2.05, 4.69) is 9.97 Å². The number of methoxy groups -OCH3 is 2. The minimum Gasteiger partial charge on any atom is -0.493 e. The molecule has 0 atom stereocenters. The Balaban J connectivity index is 1.90. The van der Waals surface area contributed by atoms with E-state index < -0.39 is 5.82 Å². The van der Waals surface area contributed by atoms with Crippen LogP contribution in [0.1, 0.15) is 11.1 Å². The SMILES string of the molecule is COc1cc2c(N(Cc3ccccc3)Cc3ccccc3)nc(Cl)nc2c(F)c1OC. The predicted molar refractivity (Wildman–Crippen MR) is 120 cm³/mol. The van der Waals surface area contributed by atoms with Crippen molar-refractivity contribution in [1.82, 2.24) is 9.97 Å². The van der Waals surface area contributed by atoms with Crippen molar-refractivity contribution in [3.8, 4) is 11.5 Å². The van der Waals surface area contributed by atoms with Gasteiger partial charge >= 0.3 is 0 Å². The quantitative estimate of drug-likeness (QED) is 0.350. The molecule has 0 radical (unpaired) electrons. The maximum Gasteiger partial charge on any atom is 0.225 e. The van der Waals surface area contributed by atoms with Crippen molar-refractivity contribution in [3.05, 3.63) is 89.0 Å². The lowest BCUT2D eigenvalue weighted by molar-refractivity contribution is 0.339. The van der Waals surface area contributed by atoms with Crippen molar-refractivity contribution in [3.63, 3.8) is 0 Å². The van der Waals surface area contributed by atoms with Crippen LogP contribution in [-0.4, -0.2) is 24.2 Å². The largest absolute Gasteiger partial charge is 0.493 e. The summed E-state index contributed by atoms with van der Waals surface area (Å²) in [5.41, 5.74) is 2.25. The minimum atomic E-state index is -0.637. The molecule has 4 aromatic rings. The molecule has 0 bridgehead atoms. The summed E-state index contributed by atoms with van der Waals surface area (Å²) in [5.74, 6) is 0.122. The summed E-state index contributed by atoms with van der Waals surface area (Å²) in [6.45, 7) is 1.10. The maximum absolute atomic E-state index is 15.2. The summed E-state index contributed by atoms with van der Waals surface area (Å²) < 4.78 is 25.8. The second-order valence-electron chi connectivity index (χ2n) is 6.97. The monoisotopic (exact) mass is 437 g/mol. The number of nitrogens with zero attached hydrogens (tertiary/aromatic N) is 3. The average molecular weight is 438 g/mol. The highest BCUT2D eigenvalue weighted by molar-refractivity contribution is 6.28. The number of rotatable bonds is 7. The van der Waals surface area contributed by atoms with Gasteiger partial charge in [0.2, 0.25) is 5.28 Å². The molecule has 5 nitrogen and oxygen atoms in total. The van der Waals surface area contributed by atoms with Gasteiger partial charge in [0.05, 0.1) is 14.2 Å². The molecule has 0 N–H and O–H groups in total. The smallest absolute Gasteiger partial charge is 0.225 e. The summed E-state index contributed by atoms with van der Waals surface area (Å²) in [7, 11) is 2.85. The van der Waals surface area contributed by atoms with Gasteiger partial charge in [0.25, 0.3) is 0 Å². The van der Waals surface area contributed by atoms with Crippen molar-refractivity contribution < 1.29 is 13.9 Å². The number of hydrogen-bond acceptors (Lipinski definition) is 5. The van der Waals surface area contributed by atoms with Gasteiger partial charge < -0.3 is 14.4 Å². The van der Waals surface area contributed by atoms with Crippen LogP contribution in [0.3, 0.4) is 0 Å². The van der Waals surface area contributed by atoms with Crippen molar-refractivity contribution in [2.24, 2.45) is 0 Å². The summed E-state index contributed by atoms with van der Waals surface area (Å²) in [5, 5.41) is 0.450. The van der Waals surface area contributed by atoms with Crippen molar-refractivity contribution >= 4 is 28.3 Å². The Bertz CT molecular complexity index is 1150. The first-order chi connectivity index (χ1) is 15.1. The minimum absolute atomic E-state index is 0.0200. The number of anilines is 1. The van der Waals surface area contributed by atoms with Gasteiger partial charge in [0, 0.05) is 18.5 Å². The van der Waals surface area contributed by atoms with Gasteiger partial charge in [-0.3, -0.25) is 0 Å². The molecule has 0 amide bonds. The lowest BCUT2D eigenvalue weighted by Gasteiger charge is -2.26. The Labute approximate surface area is 185 Å². The second kappa shape index (κ2) is 9.18. The van der Waals surface area contributed by atoms with Crippen LogP contribution in [0, 0.1) is 5.82 Å². The molecule has 0 saturated carbocycles. The molecule has 0 aliphatic carbocycles. The second-order valence-corrected chi connectivity index (χ2v) is 7.30. The third-order valence-corrected chi connectivity index (χ3v) is 5.13. The van der Waals surface area contributed by atoms with E-state index in [9.17, 15) is 0 Å². The van der Waals surface area contributed by atoms with Crippen LogP contribution in [0.2, 0.25) is 5.28 Å². The number of aromatic nitrogens is 2. The summed E-state index contributed by atoms with van der Waals surface area (Å²) in [6, 6.07) is 21.7. The lowest BCUT2D eigenvalue weighted by atomic mass is 10.1. The highest BCUT2D eigenvalue weighted by Crippen LogP contribution is 2.39. The molecule has 0 aliphatic rings. The Morgan fingerprint density at radius 1 is 0.871 bits per heavy atom. The fraction of sp³-hybridized carbons (Fsp3) is 0.167. The molecule has 1 heterocycles. The average Bonchev–Trinajstić information content (AvgIpc) is 2.80. The van der Waals surface area contributed by atoms with Gasteiger partial charge in [0.15, 0.2) is 17.3 Å². The number of fused-ring (bicyclic) bond motifs is 1. The fourth-order valence-electron chi connectivity index (χ4n) is 3.54. The zero-order chi connectivity index (χ0) is 21.8. The fourth-order valence-corrected chi connectivity index (χ4v) is 3.70. The molecule has 158 valence electrons. The van der Waals surface area contributed by atoms with E-state index in [-0.39, 0.29) is 22.3 Å². The Morgan fingerprint density at radius 2 is 1.45 bits per heavy atom. The van der Waals surface area contributed by atoms with E-state index in [0.717, 1.165) is 11.1 Å². The number of hydrogen-bond donors (Lipinski definition) is 0. The zero-order valence-corrected chi connectivity index (χ0v) is 17.9. The molecule has 31 heavy (non-hydrogen) atoms. The van der Waals surface area contributed by atoms with Crippen LogP contribution in [0.5, 0.6) is 11.5 Å². The van der Waals surface area contributed by atoms with E-state index in [1.807, 2.05) is 65.6 Å². The summed E-state index contributed by atoms with van der Waals surface area (Å²) in [4.78, 5) is 10.7. The van der Waals surface area contributed by atoms with E-state index >= 15 is 4.39 Å². The van der Waals surface area contributed by atoms with Crippen LogP contribution < -0.4 is 14.4 Å². The van der Waals surface area contributed by atoms with Crippen molar-refractivity contribution in [2.75, 3.05) is 19.1 Å². The van der Waals surface area contributed by atoms with Gasteiger partial charge in [-0.2, -0.15) is 4.98 Å². The standard InChI is InChI=1S/C24H21ClFN3O2/c1-30-19-13-18-21(20(26)22(19)31-2)27-24(25)28-23(18)29(14-16-9-5-3-6-10-16)15-17-11-7-4-8-12-17/h3-13H,14-15H2,1-2H3. The molecule has 3 aromatic carbocycles. The van der Waals surface area contributed by atoms with Crippen molar-refractivity contribution in [2.45, 2.75) is 13.1 Å². The third-order valence-electron chi connectivity index (χ3n) is 4.96. The Morgan fingerprint density at radius 3 is 1.97 bits per heavy atom. The van der Waals surface area contributed by atoms with Crippen LogP contribution in [-0.2, 0) is 13.1 Å². The third kappa shape index (κ3) is 4.39. The van der Waals surface area contributed by atoms with Crippen LogP contribution in [0.4, 0.5) is 10.2 Å². The molecular weight excluding hydrogens is 417 g/mol. The molecule has 4 rings (SSSR count). The van der Waals surface area contributed by atoms with Crippen LogP contribution in [0.25, 0.3) is 10.9 Å². The van der Waals surface area contributed by atoms with Gasteiger partial charge in [0.1, 0.15) is 11.3 Å². The van der Waals surface area contributed by atoms with E-state index in [4.69, 9.17) is 21.1 Å². The van der Waals surface area contributed by atoms with Gasteiger partial charge in [-0.15, -0.1) is 0 Å². The maximum atomic E-state index is 15.2. The molecule has 0 unspecified atom stereocenters. The van der Waals surface area contributed by atoms with Gasteiger partial charge in [-0.25, -0.2) is 9.37 Å². The molecule has 0 saturated heterocycles. The van der Waals surface area contributed by atoms with E-state index in [1.54, 1.807) is 6.07 Å². The highest BCUT2D eigenvalue weighted by atomic mass is 35.5. The Hall–Kier alpha value is -3.38. The predicted octanol–water partition coefficient (Wildman–Crippen LogP) is 5.65. The topological polar surface area (TPSA) is 47.5 Å². The number of ether oxygens (including phenoxy) is 2. The zero-order valence-electron chi connectivity index (χ0n) is 17.2. The van der Waals surface area contributed by atoms with Crippen LogP contribution >= 0.6 is 11.6 Å². The molecule has 0 spiro atoms. The summed E-state index contributed by atoms with van der Waals surface area (Å²) >= 11 is 6.23. The molecular formula is C24H21ClFN3O2. The van der Waals surface area contributed by atoms with Gasteiger partial charge in [-0.05, 0) is 28.8 Å². The molecule has 0 fully saturated rings. The first-order valence-electron chi connectivity index (χ1n) is 9.71. The molecule has 0 aliphatic heterocycles. The van der Waals surface area contributed by atoms with Crippen molar-refractivity contribution in [1.29, 1.82) is 0 Å². The lowest BCUT2D eigenvalue weighted by Crippen LogP contribution is -2.24. The first kappa shape index (κ1) is 20.9. The van der Waals surface area contributed by atoms with Gasteiger partial charge in [-0.1, -0.05) is 60.7 Å². The normalized spacial score (nSPS) is 10.8. The molecule has 1 aromatic heterocycles. The highest BCUT2D eigenvalue weighted by Gasteiger charge is 2.23. The van der Waals surface area contributed by atoms with E-state index in [0.29, 0.717) is 24.3 Å².